The predicted octanol–water partition coefficient (Wildman–Crippen LogP) is 7.88. The Morgan fingerprint density at radius 2 is 1.85 bits per heavy atom. The van der Waals surface area contributed by atoms with Crippen LogP contribution < -0.4 is 4.74 Å². The second kappa shape index (κ2) is 9.09. The molecule has 0 amide bonds. The first-order valence-electron chi connectivity index (χ1n) is 11.6. The Hall–Kier alpha value is -2.82. The summed E-state index contributed by atoms with van der Waals surface area (Å²) in [5, 5.41) is 5.95. The maximum absolute atomic E-state index is 13.6. The van der Waals surface area contributed by atoms with Gasteiger partial charge in [0.1, 0.15) is 5.75 Å². The molecule has 0 aliphatic carbocycles. The SMILES string of the molecule is Cc1nn2c(C(C)C)cc(C(=O)C[C@H]3CCOc4ccccc43)cc2c1-c1cc(Cl)cc(Cl)c1. The zero-order valence-corrected chi connectivity index (χ0v) is 21.0. The zero-order valence-electron chi connectivity index (χ0n) is 19.4. The van der Waals surface area contributed by atoms with Gasteiger partial charge in [-0.15, -0.1) is 0 Å². The minimum absolute atomic E-state index is 0.125. The molecule has 0 spiro atoms. The number of carbonyl (C=O) groups excluding carboxylic acids is 1. The Labute approximate surface area is 209 Å². The molecule has 0 N–H and O–H groups in total. The highest BCUT2D eigenvalue weighted by molar-refractivity contribution is 6.35. The fraction of sp³-hybridized carbons (Fsp3) is 0.286. The number of Topliss-reactive ketones (excluding diaryl/α,β-unsaturated/α-hetero) is 1. The van der Waals surface area contributed by atoms with E-state index in [1.165, 1.54) is 0 Å². The maximum Gasteiger partial charge on any atom is 0.163 e. The van der Waals surface area contributed by atoms with Crippen LogP contribution in [0.5, 0.6) is 5.75 Å². The molecule has 0 fully saturated rings. The smallest absolute Gasteiger partial charge is 0.163 e. The summed E-state index contributed by atoms with van der Waals surface area (Å²) in [6, 6.07) is 17.5. The highest BCUT2D eigenvalue weighted by atomic mass is 35.5. The third kappa shape index (κ3) is 4.21. The van der Waals surface area contributed by atoms with Crippen LogP contribution in [-0.2, 0) is 0 Å². The zero-order chi connectivity index (χ0) is 24.0. The molecule has 1 aliphatic heterocycles. The number of rotatable bonds is 5. The van der Waals surface area contributed by atoms with E-state index in [2.05, 4.69) is 19.9 Å². The van der Waals surface area contributed by atoms with E-state index in [1.807, 2.05) is 53.9 Å². The van der Waals surface area contributed by atoms with Crippen molar-refractivity contribution in [1.29, 1.82) is 0 Å². The molecule has 3 heterocycles. The van der Waals surface area contributed by atoms with Crippen molar-refractivity contribution in [3.8, 4) is 16.9 Å². The van der Waals surface area contributed by atoms with Crippen LogP contribution in [0.15, 0.2) is 54.6 Å². The number of aromatic nitrogens is 2. The van der Waals surface area contributed by atoms with Gasteiger partial charge in [0.25, 0.3) is 0 Å². The maximum atomic E-state index is 13.6. The second-order valence-electron chi connectivity index (χ2n) is 9.24. The molecule has 0 radical (unpaired) electrons. The van der Waals surface area contributed by atoms with Crippen LogP contribution >= 0.6 is 23.2 Å². The quantitative estimate of drug-likeness (QED) is 0.266. The summed E-state index contributed by atoms with van der Waals surface area (Å²) in [5.41, 5.74) is 6.40. The summed E-state index contributed by atoms with van der Waals surface area (Å²) < 4.78 is 7.74. The first-order valence-corrected chi connectivity index (χ1v) is 12.3. The van der Waals surface area contributed by atoms with E-state index < -0.39 is 0 Å². The molecule has 4 nitrogen and oxygen atoms in total. The molecule has 2 aromatic heterocycles. The number of para-hydroxylation sites is 1. The summed E-state index contributed by atoms with van der Waals surface area (Å²) in [6.45, 7) is 6.84. The van der Waals surface area contributed by atoms with Crippen LogP contribution in [0.4, 0.5) is 0 Å². The van der Waals surface area contributed by atoms with Crippen LogP contribution in [0.2, 0.25) is 10.0 Å². The van der Waals surface area contributed by atoms with E-state index in [-0.39, 0.29) is 17.6 Å². The average molecular weight is 493 g/mol. The first-order chi connectivity index (χ1) is 16.3. The minimum Gasteiger partial charge on any atom is -0.493 e. The number of halogens is 2. The lowest BCUT2D eigenvalue weighted by molar-refractivity contribution is 0.0965. The van der Waals surface area contributed by atoms with Gasteiger partial charge in [0.15, 0.2) is 5.78 Å². The Morgan fingerprint density at radius 3 is 2.59 bits per heavy atom. The summed E-state index contributed by atoms with van der Waals surface area (Å²) in [4.78, 5) is 13.6. The number of ether oxygens (including phenoxy) is 1. The number of hydrogen-bond acceptors (Lipinski definition) is 3. The molecular formula is C28H26Cl2N2O2. The highest BCUT2D eigenvalue weighted by Crippen LogP contribution is 2.38. The molecule has 4 aromatic rings. The van der Waals surface area contributed by atoms with E-state index in [9.17, 15) is 4.79 Å². The van der Waals surface area contributed by atoms with Crippen LogP contribution in [-0.4, -0.2) is 22.0 Å². The third-order valence-corrected chi connectivity index (χ3v) is 6.95. The van der Waals surface area contributed by atoms with Crippen LogP contribution in [0.3, 0.4) is 0 Å². The van der Waals surface area contributed by atoms with Crippen molar-refractivity contribution in [2.45, 2.75) is 45.4 Å². The Bertz CT molecular complexity index is 1390. The van der Waals surface area contributed by atoms with Gasteiger partial charge in [0.2, 0.25) is 0 Å². The standard InChI is InChI=1S/C28H26Cl2N2O2/c1-16(2)24-12-19(26(33)14-18-8-9-34-27-7-5-4-6-23(18)27)13-25-28(17(3)31-32(24)25)20-10-21(29)15-22(30)11-20/h4-7,10-13,15-16,18H,8-9,14H2,1-3H3/t18-/m1/s1. The molecule has 5 rings (SSSR count). The van der Waals surface area contributed by atoms with E-state index in [4.69, 9.17) is 33.0 Å². The number of fused-ring (bicyclic) bond motifs is 2. The normalized spacial score (nSPS) is 15.4. The lowest BCUT2D eigenvalue weighted by Crippen LogP contribution is -2.17. The van der Waals surface area contributed by atoms with Gasteiger partial charge in [-0.3, -0.25) is 4.79 Å². The third-order valence-electron chi connectivity index (χ3n) is 6.52. The molecule has 1 atom stereocenters. The molecule has 34 heavy (non-hydrogen) atoms. The van der Waals surface area contributed by atoms with Gasteiger partial charge in [0, 0.05) is 33.3 Å². The molecular weight excluding hydrogens is 467 g/mol. The molecule has 0 unspecified atom stereocenters. The van der Waals surface area contributed by atoms with Gasteiger partial charge >= 0.3 is 0 Å². The Morgan fingerprint density at radius 1 is 1.12 bits per heavy atom. The van der Waals surface area contributed by atoms with Gasteiger partial charge in [-0.05, 0) is 72.7 Å². The van der Waals surface area contributed by atoms with Crippen LogP contribution in [0.25, 0.3) is 16.6 Å². The van der Waals surface area contributed by atoms with Gasteiger partial charge in [-0.2, -0.15) is 5.10 Å². The number of nitrogens with zero attached hydrogens (tertiary/aromatic N) is 2. The second-order valence-corrected chi connectivity index (χ2v) is 10.1. The van der Waals surface area contributed by atoms with Crippen molar-refractivity contribution in [3.63, 3.8) is 0 Å². The van der Waals surface area contributed by atoms with E-state index in [1.54, 1.807) is 6.07 Å². The van der Waals surface area contributed by atoms with E-state index in [0.29, 0.717) is 28.6 Å². The predicted molar refractivity (Wildman–Crippen MR) is 138 cm³/mol. The lowest BCUT2D eigenvalue weighted by atomic mass is 9.87. The Balaban J connectivity index is 1.60. The van der Waals surface area contributed by atoms with Crippen molar-refractivity contribution >= 4 is 34.5 Å². The van der Waals surface area contributed by atoms with Crippen LogP contribution in [0.1, 0.15) is 65.8 Å². The highest BCUT2D eigenvalue weighted by Gasteiger charge is 2.25. The average Bonchev–Trinajstić information content (AvgIpc) is 3.13. The number of hydrogen-bond donors (Lipinski definition) is 0. The summed E-state index contributed by atoms with van der Waals surface area (Å²) in [6.07, 6.45) is 1.28. The largest absolute Gasteiger partial charge is 0.493 e. The number of pyridine rings is 1. The molecule has 2 aromatic carbocycles. The fourth-order valence-electron chi connectivity index (χ4n) is 4.88. The van der Waals surface area contributed by atoms with Crippen molar-refractivity contribution in [2.24, 2.45) is 0 Å². The first kappa shape index (κ1) is 22.9. The summed E-state index contributed by atoms with van der Waals surface area (Å²) in [5.74, 6) is 1.35. The molecule has 0 saturated carbocycles. The van der Waals surface area contributed by atoms with Crippen LogP contribution in [0, 0.1) is 6.92 Å². The van der Waals surface area contributed by atoms with E-state index >= 15 is 0 Å². The molecule has 0 bridgehead atoms. The summed E-state index contributed by atoms with van der Waals surface area (Å²) >= 11 is 12.6. The molecule has 0 saturated heterocycles. The van der Waals surface area contributed by atoms with Gasteiger partial charge < -0.3 is 4.74 Å². The number of aryl methyl sites for hydroxylation is 1. The number of ketones is 1. The summed E-state index contributed by atoms with van der Waals surface area (Å²) in [7, 11) is 0. The van der Waals surface area contributed by atoms with Gasteiger partial charge in [0.05, 0.1) is 17.8 Å². The Kier molecular flexibility index (Phi) is 6.13. The number of carbonyl (C=O) groups is 1. The van der Waals surface area contributed by atoms with Crippen molar-refractivity contribution < 1.29 is 9.53 Å². The van der Waals surface area contributed by atoms with Gasteiger partial charge in [-0.25, -0.2) is 4.52 Å². The van der Waals surface area contributed by atoms with E-state index in [0.717, 1.165) is 45.8 Å². The minimum atomic E-state index is 0.125. The molecule has 6 heteroatoms. The monoisotopic (exact) mass is 492 g/mol. The lowest BCUT2D eigenvalue weighted by Gasteiger charge is -2.25. The van der Waals surface area contributed by atoms with Crippen molar-refractivity contribution in [3.05, 3.63) is 87.2 Å². The van der Waals surface area contributed by atoms with Crippen molar-refractivity contribution in [1.82, 2.24) is 9.61 Å². The number of benzene rings is 2. The molecule has 1 aliphatic rings. The molecule has 174 valence electrons. The van der Waals surface area contributed by atoms with Gasteiger partial charge in [-0.1, -0.05) is 55.2 Å². The van der Waals surface area contributed by atoms with Crippen molar-refractivity contribution in [2.75, 3.05) is 6.61 Å². The topological polar surface area (TPSA) is 43.6 Å². The fourth-order valence-corrected chi connectivity index (χ4v) is 5.41.